The van der Waals surface area contributed by atoms with Gasteiger partial charge in [-0.15, -0.1) is 12.4 Å². The summed E-state index contributed by atoms with van der Waals surface area (Å²) in [4.78, 5) is 25.6. The van der Waals surface area contributed by atoms with Gasteiger partial charge in [-0.25, -0.2) is 0 Å². The molecule has 3 rings (SSSR count). The third-order valence-electron chi connectivity index (χ3n) is 4.79. The summed E-state index contributed by atoms with van der Waals surface area (Å²) < 4.78 is 0. The number of carbonyl (C=O) groups excluding carboxylic acids is 1. The minimum atomic E-state index is -0.698. The van der Waals surface area contributed by atoms with Crippen LogP contribution in [0.25, 0.3) is 0 Å². The number of carbonyl (C=O) groups is 2. The summed E-state index contributed by atoms with van der Waals surface area (Å²) in [5, 5.41) is 12.4. The van der Waals surface area contributed by atoms with Crippen molar-refractivity contribution in [1.29, 1.82) is 0 Å². The molecule has 0 aromatic heterocycles. The van der Waals surface area contributed by atoms with Crippen LogP contribution < -0.4 is 5.32 Å². The molecule has 2 fully saturated rings. The number of nitrogens with one attached hydrogen (secondary N) is 1. The molecule has 1 amide bonds. The molecule has 1 aliphatic heterocycles. The maximum atomic E-state index is 12.1. The van der Waals surface area contributed by atoms with E-state index in [9.17, 15) is 14.7 Å². The molecule has 0 radical (unpaired) electrons. The molecule has 22 heavy (non-hydrogen) atoms. The maximum Gasteiger partial charge on any atom is 0.311 e. The highest BCUT2D eigenvalue weighted by atomic mass is 35.5. The lowest BCUT2D eigenvalue weighted by Crippen LogP contribution is -2.37. The number of aliphatic carboxylic acids is 1. The van der Waals surface area contributed by atoms with Crippen LogP contribution in [0.4, 0.5) is 5.69 Å². The Morgan fingerprint density at radius 2 is 2.05 bits per heavy atom. The lowest BCUT2D eigenvalue weighted by Gasteiger charge is -2.23. The lowest BCUT2D eigenvalue weighted by atomic mass is 9.81. The highest BCUT2D eigenvalue weighted by Gasteiger charge is 2.54. The number of carboxylic acid groups (broad SMARTS) is 1. The number of fused-ring (bicyclic) bond motifs is 1. The molecular formula is C16H21ClN2O3. The number of hydrogen-bond acceptors (Lipinski definition) is 3. The average molecular weight is 325 g/mol. The van der Waals surface area contributed by atoms with E-state index in [0.717, 1.165) is 24.9 Å². The Labute approximate surface area is 136 Å². The monoisotopic (exact) mass is 324 g/mol. The van der Waals surface area contributed by atoms with Gasteiger partial charge in [0.15, 0.2) is 0 Å². The standard InChI is InChI=1S/C16H20N2O3.ClH/c19-14(17-13-6-2-1-3-7-13)10-18-9-12-5-4-8-16(12,11-18)15(20)21;/h1-3,6-7,12H,4-5,8-11H2,(H,17,19)(H,20,21);1H/t12-,16+;/m0./s1. The van der Waals surface area contributed by atoms with Gasteiger partial charge in [0.25, 0.3) is 0 Å². The van der Waals surface area contributed by atoms with Gasteiger partial charge in [0.1, 0.15) is 0 Å². The number of halogens is 1. The van der Waals surface area contributed by atoms with Crippen molar-refractivity contribution in [1.82, 2.24) is 4.90 Å². The summed E-state index contributed by atoms with van der Waals surface area (Å²) in [6.45, 7) is 1.48. The van der Waals surface area contributed by atoms with Gasteiger partial charge in [0.2, 0.25) is 5.91 Å². The minimum absolute atomic E-state index is 0. The number of likely N-dealkylation sites (tertiary alicyclic amines) is 1. The fourth-order valence-corrected chi connectivity index (χ4v) is 3.79. The molecule has 1 saturated heterocycles. The number of para-hydroxylation sites is 1. The number of hydrogen-bond donors (Lipinski definition) is 2. The zero-order valence-corrected chi connectivity index (χ0v) is 13.1. The fourth-order valence-electron chi connectivity index (χ4n) is 3.79. The normalized spacial score (nSPS) is 27.0. The molecule has 2 N–H and O–H groups in total. The van der Waals surface area contributed by atoms with Crippen LogP contribution in [0.2, 0.25) is 0 Å². The Morgan fingerprint density at radius 3 is 2.68 bits per heavy atom. The number of anilines is 1. The summed E-state index contributed by atoms with van der Waals surface area (Å²) in [7, 11) is 0. The number of nitrogens with zero attached hydrogens (tertiary/aromatic N) is 1. The van der Waals surface area contributed by atoms with Crippen molar-refractivity contribution in [3.63, 3.8) is 0 Å². The van der Waals surface area contributed by atoms with Crippen LogP contribution in [0, 0.1) is 11.3 Å². The molecule has 2 atom stereocenters. The minimum Gasteiger partial charge on any atom is -0.481 e. The van der Waals surface area contributed by atoms with E-state index < -0.39 is 11.4 Å². The van der Waals surface area contributed by atoms with Crippen molar-refractivity contribution in [2.24, 2.45) is 11.3 Å². The van der Waals surface area contributed by atoms with Crippen molar-refractivity contribution < 1.29 is 14.7 Å². The van der Waals surface area contributed by atoms with E-state index >= 15 is 0 Å². The molecule has 0 spiro atoms. The van der Waals surface area contributed by atoms with Crippen LogP contribution in [0.5, 0.6) is 0 Å². The summed E-state index contributed by atoms with van der Waals surface area (Å²) in [6, 6.07) is 9.32. The fraction of sp³-hybridized carbons (Fsp3) is 0.500. The summed E-state index contributed by atoms with van der Waals surface area (Å²) in [6.07, 6.45) is 2.69. The molecule has 1 heterocycles. The highest BCUT2D eigenvalue weighted by Crippen LogP contribution is 2.48. The first-order valence-corrected chi connectivity index (χ1v) is 7.41. The van der Waals surface area contributed by atoms with Crippen LogP contribution >= 0.6 is 12.4 Å². The van der Waals surface area contributed by atoms with Crippen LogP contribution in [0.1, 0.15) is 19.3 Å². The summed E-state index contributed by atoms with van der Waals surface area (Å²) in [5.41, 5.74) is 0.155. The maximum absolute atomic E-state index is 12.1. The third-order valence-corrected chi connectivity index (χ3v) is 4.79. The van der Waals surface area contributed by atoms with Crippen molar-refractivity contribution in [3.8, 4) is 0 Å². The van der Waals surface area contributed by atoms with E-state index in [1.807, 2.05) is 35.2 Å². The predicted octanol–water partition coefficient (Wildman–Crippen LogP) is 2.23. The first kappa shape index (κ1) is 16.8. The van der Waals surface area contributed by atoms with E-state index in [0.29, 0.717) is 13.1 Å². The van der Waals surface area contributed by atoms with Gasteiger partial charge < -0.3 is 10.4 Å². The molecule has 6 heteroatoms. The average Bonchev–Trinajstić information content (AvgIpc) is 2.97. The number of rotatable bonds is 4. The molecule has 1 aromatic rings. The molecule has 5 nitrogen and oxygen atoms in total. The molecule has 2 aliphatic rings. The Hall–Kier alpha value is -1.59. The van der Waals surface area contributed by atoms with E-state index in [2.05, 4.69) is 5.32 Å². The van der Waals surface area contributed by atoms with Gasteiger partial charge in [-0.1, -0.05) is 24.6 Å². The third kappa shape index (κ3) is 3.10. The second-order valence-corrected chi connectivity index (χ2v) is 6.13. The highest BCUT2D eigenvalue weighted by molar-refractivity contribution is 5.92. The van der Waals surface area contributed by atoms with Gasteiger partial charge >= 0.3 is 5.97 Å². The second kappa shape index (κ2) is 6.67. The topological polar surface area (TPSA) is 69.6 Å². The number of amides is 1. The first-order chi connectivity index (χ1) is 10.1. The van der Waals surface area contributed by atoms with E-state index in [-0.39, 0.29) is 30.8 Å². The van der Waals surface area contributed by atoms with Gasteiger partial charge in [0.05, 0.1) is 12.0 Å². The zero-order valence-electron chi connectivity index (χ0n) is 12.3. The lowest BCUT2D eigenvalue weighted by molar-refractivity contribution is -0.149. The number of carboxylic acids is 1. The Kier molecular flexibility index (Phi) is 5.08. The smallest absolute Gasteiger partial charge is 0.311 e. The zero-order chi connectivity index (χ0) is 14.9. The molecule has 0 bridgehead atoms. The Balaban J connectivity index is 0.00000176. The molecule has 0 unspecified atom stereocenters. The van der Waals surface area contributed by atoms with Crippen LogP contribution in [-0.2, 0) is 9.59 Å². The molecule has 1 aromatic carbocycles. The Bertz CT molecular complexity index is 552. The molecule has 120 valence electrons. The van der Waals surface area contributed by atoms with Crippen molar-refractivity contribution in [2.45, 2.75) is 19.3 Å². The van der Waals surface area contributed by atoms with Gasteiger partial charge in [0, 0.05) is 18.8 Å². The molecule has 1 saturated carbocycles. The summed E-state index contributed by atoms with van der Waals surface area (Å²) in [5.74, 6) is -0.586. The summed E-state index contributed by atoms with van der Waals surface area (Å²) >= 11 is 0. The van der Waals surface area contributed by atoms with E-state index in [1.54, 1.807) is 0 Å². The Morgan fingerprint density at radius 1 is 1.32 bits per heavy atom. The van der Waals surface area contributed by atoms with Crippen molar-refractivity contribution in [2.75, 3.05) is 25.0 Å². The largest absolute Gasteiger partial charge is 0.481 e. The van der Waals surface area contributed by atoms with Crippen molar-refractivity contribution in [3.05, 3.63) is 30.3 Å². The molecule has 1 aliphatic carbocycles. The van der Waals surface area contributed by atoms with E-state index in [4.69, 9.17) is 0 Å². The van der Waals surface area contributed by atoms with Crippen LogP contribution in [0.3, 0.4) is 0 Å². The molecular weight excluding hydrogens is 304 g/mol. The quantitative estimate of drug-likeness (QED) is 0.891. The van der Waals surface area contributed by atoms with Crippen LogP contribution in [-0.4, -0.2) is 41.5 Å². The SMILES string of the molecule is Cl.O=C(CN1C[C@@H]2CCC[C@@]2(C(=O)O)C1)Nc1ccccc1. The second-order valence-electron chi connectivity index (χ2n) is 6.13. The van der Waals surface area contributed by atoms with Gasteiger partial charge in [-0.2, -0.15) is 0 Å². The van der Waals surface area contributed by atoms with Crippen molar-refractivity contribution >= 4 is 30.0 Å². The number of benzene rings is 1. The van der Waals surface area contributed by atoms with E-state index in [1.165, 1.54) is 0 Å². The van der Waals surface area contributed by atoms with Gasteiger partial charge in [-0.3, -0.25) is 14.5 Å². The first-order valence-electron chi connectivity index (χ1n) is 7.41. The predicted molar refractivity (Wildman–Crippen MR) is 86.2 cm³/mol. The van der Waals surface area contributed by atoms with Crippen LogP contribution in [0.15, 0.2) is 30.3 Å². The van der Waals surface area contributed by atoms with Gasteiger partial charge in [-0.05, 0) is 30.9 Å².